The molecule has 2 N–H and O–H groups in total. The van der Waals surface area contributed by atoms with Crippen molar-refractivity contribution < 1.29 is 42.9 Å². The summed E-state index contributed by atoms with van der Waals surface area (Å²) in [5.41, 5.74) is 5.83. The third-order valence-electron chi connectivity index (χ3n) is 5.88. The highest BCUT2D eigenvalue weighted by Crippen LogP contribution is 2.32. The van der Waals surface area contributed by atoms with Gasteiger partial charge in [-0.3, -0.25) is 14.6 Å². The van der Waals surface area contributed by atoms with E-state index < -0.39 is 30.0 Å². The van der Waals surface area contributed by atoms with Crippen LogP contribution < -0.4 is 10.5 Å². The first kappa shape index (κ1) is 29.1. The second-order valence-corrected chi connectivity index (χ2v) is 8.39. The number of pyridine rings is 1. The summed E-state index contributed by atoms with van der Waals surface area (Å²) in [6.45, 7) is 6.12. The van der Waals surface area contributed by atoms with E-state index in [2.05, 4.69) is 4.98 Å². The molecule has 1 aromatic carbocycles. The SMILES string of the molecule is CCOC(=O)C(Oc1c(C(N)=O)c(CC(=O)N2CCN(C(=O)OCC)CC2)nc2ccccc12)C(=O)OCC. The van der Waals surface area contributed by atoms with Gasteiger partial charge in [0.15, 0.2) is 0 Å². The Balaban J connectivity index is 1.97. The smallest absolute Gasteiger partial charge is 0.409 e. The number of esters is 2. The van der Waals surface area contributed by atoms with E-state index in [0.29, 0.717) is 10.9 Å². The minimum absolute atomic E-state index is 0.0143. The summed E-state index contributed by atoms with van der Waals surface area (Å²) < 4.78 is 20.8. The summed E-state index contributed by atoms with van der Waals surface area (Å²) in [6.07, 6.45) is -2.60. The first-order valence-corrected chi connectivity index (χ1v) is 12.6. The molecule has 0 aliphatic carbocycles. The van der Waals surface area contributed by atoms with E-state index in [4.69, 9.17) is 24.7 Å². The zero-order chi connectivity index (χ0) is 28.5. The summed E-state index contributed by atoms with van der Waals surface area (Å²) in [5.74, 6) is -3.53. The summed E-state index contributed by atoms with van der Waals surface area (Å²) >= 11 is 0. The Morgan fingerprint density at radius 1 is 0.872 bits per heavy atom. The highest BCUT2D eigenvalue weighted by atomic mass is 16.6. The number of fused-ring (bicyclic) bond motifs is 1. The summed E-state index contributed by atoms with van der Waals surface area (Å²) in [5, 5.41) is 0.296. The molecular formula is C26H32N4O9. The fourth-order valence-electron chi connectivity index (χ4n) is 4.09. The molecule has 13 nitrogen and oxygen atoms in total. The average molecular weight is 545 g/mol. The number of hydrogen-bond acceptors (Lipinski definition) is 10. The van der Waals surface area contributed by atoms with Crippen LogP contribution in [-0.4, -0.2) is 96.7 Å². The van der Waals surface area contributed by atoms with Gasteiger partial charge in [-0.05, 0) is 32.9 Å². The average Bonchev–Trinajstić information content (AvgIpc) is 2.91. The molecule has 1 aromatic heterocycles. The van der Waals surface area contributed by atoms with Crippen LogP contribution in [-0.2, 0) is 35.0 Å². The number of benzene rings is 1. The molecule has 3 rings (SSSR count). The number of rotatable bonds is 10. The number of ether oxygens (including phenoxy) is 4. The van der Waals surface area contributed by atoms with Gasteiger partial charge in [-0.15, -0.1) is 0 Å². The Morgan fingerprint density at radius 2 is 1.44 bits per heavy atom. The molecule has 0 radical (unpaired) electrons. The van der Waals surface area contributed by atoms with Gasteiger partial charge in [0.05, 0.1) is 37.5 Å². The largest absolute Gasteiger partial charge is 0.465 e. The number of hydrogen-bond donors (Lipinski definition) is 1. The fourth-order valence-corrected chi connectivity index (χ4v) is 4.09. The molecule has 3 amide bonds. The monoisotopic (exact) mass is 544 g/mol. The number of primary amides is 1. The van der Waals surface area contributed by atoms with Crippen LogP contribution in [0.2, 0.25) is 0 Å². The van der Waals surface area contributed by atoms with Crippen LogP contribution >= 0.6 is 0 Å². The van der Waals surface area contributed by atoms with Crippen molar-refractivity contribution >= 4 is 40.7 Å². The van der Waals surface area contributed by atoms with Crippen LogP contribution in [0, 0.1) is 0 Å². The number of aromatic nitrogens is 1. The van der Waals surface area contributed by atoms with Crippen LogP contribution in [0.4, 0.5) is 4.79 Å². The lowest BCUT2D eigenvalue weighted by atomic mass is 10.0. The molecule has 0 saturated carbocycles. The van der Waals surface area contributed by atoms with Gasteiger partial charge in [0.2, 0.25) is 5.91 Å². The maximum absolute atomic E-state index is 13.2. The number of nitrogens with two attached hydrogens (primary N) is 1. The van der Waals surface area contributed by atoms with Gasteiger partial charge in [0, 0.05) is 31.6 Å². The Labute approximate surface area is 225 Å². The van der Waals surface area contributed by atoms with Crippen LogP contribution in [0.15, 0.2) is 24.3 Å². The lowest BCUT2D eigenvalue weighted by Gasteiger charge is -2.34. The lowest BCUT2D eigenvalue weighted by molar-refractivity contribution is -0.166. The quantitative estimate of drug-likeness (QED) is 0.259. The molecule has 2 heterocycles. The maximum Gasteiger partial charge on any atom is 0.409 e. The minimum Gasteiger partial charge on any atom is -0.465 e. The van der Waals surface area contributed by atoms with Gasteiger partial charge in [-0.25, -0.2) is 14.4 Å². The van der Waals surface area contributed by atoms with E-state index in [1.165, 1.54) is 9.80 Å². The third-order valence-corrected chi connectivity index (χ3v) is 5.88. The van der Waals surface area contributed by atoms with E-state index >= 15 is 0 Å². The number of nitrogens with zero attached hydrogens (tertiary/aromatic N) is 3. The number of piperazine rings is 1. The van der Waals surface area contributed by atoms with Crippen molar-refractivity contribution in [1.82, 2.24) is 14.8 Å². The molecule has 2 aromatic rings. The normalized spacial score (nSPS) is 13.2. The second-order valence-electron chi connectivity index (χ2n) is 8.39. The standard InChI is InChI=1S/C26H32N4O9/c1-4-36-24(33)22(25(34)37-5-2)39-21-16-9-7-8-10-17(16)28-18(20(21)23(27)32)15-19(31)29-11-13-30(14-12-29)26(35)38-6-3/h7-10,22H,4-6,11-15H2,1-3H3,(H2,27,32). The zero-order valence-corrected chi connectivity index (χ0v) is 22.1. The summed E-state index contributed by atoms with van der Waals surface area (Å²) in [4.78, 5) is 70.6. The van der Waals surface area contributed by atoms with Crippen molar-refractivity contribution in [2.75, 3.05) is 46.0 Å². The molecule has 13 heteroatoms. The molecule has 39 heavy (non-hydrogen) atoms. The minimum atomic E-state index is -1.84. The molecule has 1 aliphatic heterocycles. The second kappa shape index (κ2) is 13.4. The van der Waals surface area contributed by atoms with Crippen molar-refractivity contribution in [1.29, 1.82) is 0 Å². The molecule has 0 atom stereocenters. The van der Waals surface area contributed by atoms with Crippen molar-refractivity contribution in [3.63, 3.8) is 0 Å². The van der Waals surface area contributed by atoms with Crippen LogP contribution in [0.1, 0.15) is 36.8 Å². The molecule has 210 valence electrons. The van der Waals surface area contributed by atoms with Gasteiger partial charge >= 0.3 is 18.0 Å². The molecular weight excluding hydrogens is 512 g/mol. The number of para-hydroxylation sites is 1. The fraction of sp³-hybridized carbons (Fsp3) is 0.462. The van der Waals surface area contributed by atoms with E-state index in [0.717, 1.165) is 0 Å². The van der Waals surface area contributed by atoms with E-state index in [-0.39, 0.29) is 75.3 Å². The van der Waals surface area contributed by atoms with Gasteiger partial charge in [0.25, 0.3) is 12.0 Å². The van der Waals surface area contributed by atoms with Crippen LogP contribution in [0.25, 0.3) is 10.9 Å². The Bertz CT molecular complexity index is 1220. The first-order chi connectivity index (χ1) is 18.7. The van der Waals surface area contributed by atoms with Crippen molar-refractivity contribution in [3.05, 3.63) is 35.5 Å². The number of carbonyl (C=O) groups is 5. The Kier molecular flexibility index (Phi) is 10.0. The molecule has 1 aliphatic rings. The molecule has 0 bridgehead atoms. The van der Waals surface area contributed by atoms with Crippen LogP contribution in [0.5, 0.6) is 5.75 Å². The predicted octanol–water partition coefficient (Wildman–Crippen LogP) is 1.05. The number of carbonyl (C=O) groups excluding carboxylic acids is 5. The van der Waals surface area contributed by atoms with Gasteiger partial charge in [-0.2, -0.15) is 0 Å². The highest BCUT2D eigenvalue weighted by molar-refractivity contribution is 6.05. The van der Waals surface area contributed by atoms with E-state index in [1.54, 1.807) is 45.0 Å². The summed E-state index contributed by atoms with van der Waals surface area (Å²) in [6, 6.07) is 6.55. The Morgan fingerprint density at radius 3 is 2.00 bits per heavy atom. The molecule has 1 saturated heterocycles. The van der Waals surface area contributed by atoms with Crippen molar-refractivity contribution in [3.8, 4) is 5.75 Å². The number of amides is 3. The zero-order valence-electron chi connectivity index (χ0n) is 22.1. The van der Waals surface area contributed by atoms with E-state index in [1.807, 2.05) is 0 Å². The topological polar surface area (TPSA) is 168 Å². The maximum atomic E-state index is 13.2. The van der Waals surface area contributed by atoms with Crippen molar-refractivity contribution in [2.45, 2.75) is 33.3 Å². The third kappa shape index (κ3) is 6.92. The first-order valence-electron chi connectivity index (χ1n) is 12.6. The van der Waals surface area contributed by atoms with Crippen LogP contribution in [0.3, 0.4) is 0 Å². The van der Waals surface area contributed by atoms with Crippen molar-refractivity contribution in [2.24, 2.45) is 5.73 Å². The highest BCUT2D eigenvalue weighted by Gasteiger charge is 2.35. The van der Waals surface area contributed by atoms with Gasteiger partial charge < -0.3 is 34.5 Å². The van der Waals surface area contributed by atoms with E-state index in [9.17, 15) is 24.0 Å². The van der Waals surface area contributed by atoms with Gasteiger partial charge in [0.1, 0.15) is 11.3 Å². The van der Waals surface area contributed by atoms with Gasteiger partial charge in [-0.1, -0.05) is 12.1 Å². The summed E-state index contributed by atoms with van der Waals surface area (Å²) in [7, 11) is 0. The molecule has 0 spiro atoms. The predicted molar refractivity (Wildman–Crippen MR) is 137 cm³/mol. The molecule has 0 unspecified atom stereocenters. The Hall–Kier alpha value is -4.42. The lowest BCUT2D eigenvalue weighted by Crippen LogP contribution is -2.51. The molecule has 1 fully saturated rings.